The Bertz CT molecular complexity index is 219. The number of carbonyl (C=O) groups excluding carboxylic acids is 1. The second-order valence-corrected chi connectivity index (χ2v) is 4.53. The van der Waals surface area contributed by atoms with Crippen LogP contribution in [0.2, 0.25) is 0 Å². The maximum absolute atomic E-state index is 11.5. The van der Waals surface area contributed by atoms with Gasteiger partial charge in [-0.15, -0.1) is 0 Å². The molecule has 1 heterocycles. The summed E-state index contributed by atoms with van der Waals surface area (Å²) in [5.74, 6) is -0.433. The van der Waals surface area contributed by atoms with Crippen molar-refractivity contribution in [2.45, 2.75) is 50.5 Å². The van der Waals surface area contributed by atoms with Gasteiger partial charge in [0.1, 0.15) is 0 Å². The molecule has 1 saturated carbocycles. The Kier molecular flexibility index (Phi) is 2.77. The van der Waals surface area contributed by atoms with Crippen LogP contribution in [0.3, 0.4) is 0 Å². The highest BCUT2D eigenvalue weighted by molar-refractivity contribution is 5.74. The van der Waals surface area contributed by atoms with Crippen molar-refractivity contribution in [1.29, 1.82) is 0 Å². The molecular formula is C11H18O3. The van der Waals surface area contributed by atoms with E-state index in [9.17, 15) is 9.90 Å². The summed E-state index contributed by atoms with van der Waals surface area (Å²) < 4.78 is 5.01. The van der Waals surface area contributed by atoms with Crippen molar-refractivity contribution in [2.24, 2.45) is 5.92 Å². The SMILES string of the molecule is O=C1OCCCC1C1(O)CCCCC1. The van der Waals surface area contributed by atoms with Crippen molar-refractivity contribution in [1.82, 2.24) is 0 Å². The maximum Gasteiger partial charge on any atom is 0.311 e. The highest BCUT2D eigenvalue weighted by Crippen LogP contribution is 2.38. The molecule has 2 aliphatic rings. The van der Waals surface area contributed by atoms with E-state index in [-0.39, 0.29) is 11.9 Å². The lowest BCUT2D eigenvalue weighted by Crippen LogP contribution is -2.46. The van der Waals surface area contributed by atoms with Crippen LogP contribution in [0.5, 0.6) is 0 Å². The average molecular weight is 198 g/mol. The lowest BCUT2D eigenvalue weighted by atomic mass is 9.73. The zero-order chi connectivity index (χ0) is 10.0. The second-order valence-electron chi connectivity index (χ2n) is 4.53. The summed E-state index contributed by atoms with van der Waals surface area (Å²) >= 11 is 0. The minimum absolute atomic E-state index is 0.180. The first-order valence-electron chi connectivity index (χ1n) is 5.61. The van der Waals surface area contributed by atoms with Gasteiger partial charge in [-0.1, -0.05) is 19.3 Å². The van der Waals surface area contributed by atoms with Gasteiger partial charge in [0.2, 0.25) is 0 Å². The van der Waals surface area contributed by atoms with Gasteiger partial charge in [-0.25, -0.2) is 0 Å². The molecule has 1 unspecified atom stereocenters. The Hall–Kier alpha value is -0.570. The molecule has 0 bridgehead atoms. The molecule has 80 valence electrons. The average Bonchev–Trinajstić information content (AvgIpc) is 2.19. The van der Waals surface area contributed by atoms with Gasteiger partial charge in [-0.05, 0) is 25.7 Å². The fourth-order valence-corrected chi connectivity index (χ4v) is 2.68. The van der Waals surface area contributed by atoms with E-state index in [0.29, 0.717) is 6.61 Å². The fraction of sp³-hybridized carbons (Fsp3) is 0.909. The minimum Gasteiger partial charge on any atom is -0.465 e. The van der Waals surface area contributed by atoms with Gasteiger partial charge in [0.25, 0.3) is 0 Å². The molecule has 3 nitrogen and oxygen atoms in total. The van der Waals surface area contributed by atoms with E-state index in [4.69, 9.17) is 4.74 Å². The molecule has 14 heavy (non-hydrogen) atoms. The first-order valence-corrected chi connectivity index (χ1v) is 5.61. The van der Waals surface area contributed by atoms with Gasteiger partial charge >= 0.3 is 5.97 Å². The molecule has 1 N–H and O–H groups in total. The van der Waals surface area contributed by atoms with E-state index in [1.165, 1.54) is 6.42 Å². The molecule has 0 aromatic heterocycles. The van der Waals surface area contributed by atoms with Crippen LogP contribution in [0, 0.1) is 5.92 Å². The predicted octanol–water partition coefficient (Wildman–Crippen LogP) is 1.63. The topological polar surface area (TPSA) is 46.5 Å². The van der Waals surface area contributed by atoms with Crippen LogP contribution in [-0.2, 0) is 9.53 Å². The first kappa shape index (κ1) is 9.97. The van der Waals surface area contributed by atoms with Crippen LogP contribution in [0.15, 0.2) is 0 Å². The Labute approximate surface area is 84.4 Å². The molecule has 0 aromatic carbocycles. The molecule has 2 fully saturated rings. The van der Waals surface area contributed by atoms with E-state index in [1.807, 2.05) is 0 Å². The normalized spacial score (nSPS) is 32.4. The zero-order valence-corrected chi connectivity index (χ0v) is 8.50. The van der Waals surface area contributed by atoms with Crippen LogP contribution >= 0.6 is 0 Å². The van der Waals surface area contributed by atoms with Crippen molar-refractivity contribution in [3.8, 4) is 0 Å². The lowest BCUT2D eigenvalue weighted by molar-refractivity contribution is -0.168. The second kappa shape index (κ2) is 3.89. The van der Waals surface area contributed by atoms with E-state index in [0.717, 1.165) is 38.5 Å². The fourth-order valence-electron chi connectivity index (χ4n) is 2.68. The summed E-state index contributed by atoms with van der Waals surface area (Å²) in [6.45, 7) is 0.533. The molecule has 3 heteroatoms. The van der Waals surface area contributed by atoms with Crippen LogP contribution in [0.1, 0.15) is 44.9 Å². The third-order valence-electron chi connectivity index (χ3n) is 3.53. The van der Waals surface area contributed by atoms with E-state index < -0.39 is 5.60 Å². The van der Waals surface area contributed by atoms with Crippen LogP contribution < -0.4 is 0 Å². The van der Waals surface area contributed by atoms with Crippen LogP contribution in [0.4, 0.5) is 0 Å². The highest BCUT2D eigenvalue weighted by Gasteiger charge is 2.43. The van der Waals surface area contributed by atoms with Crippen molar-refractivity contribution < 1.29 is 14.6 Å². The molecule has 0 amide bonds. The number of hydrogen-bond donors (Lipinski definition) is 1. The van der Waals surface area contributed by atoms with E-state index in [1.54, 1.807) is 0 Å². The summed E-state index contributed by atoms with van der Waals surface area (Å²) in [4.78, 5) is 11.5. The number of cyclic esters (lactones) is 1. The van der Waals surface area contributed by atoms with Gasteiger partial charge in [-0.2, -0.15) is 0 Å². The van der Waals surface area contributed by atoms with Crippen molar-refractivity contribution in [3.63, 3.8) is 0 Å². The Balaban J connectivity index is 2.06. The van der Waals surface area contributed by atoms with Crippen molar-refractivity contribution in [2.75, 3.05) is 6.61 Å². The lowest BCUT2D eigenvalue weighted by Gasteiger charge is -2.39. The number of esters is 1. The number of hydrogen-bond acceptors (Lipinski definition) is 3. The monoisotopic (exact) mass is 198 g/mol. The summed E-state index contributed by atoms with van der Waals surface area (Å²) in [6, 6.07) is 0. The molecule has 0 spiro atoms. The standard InChI is InChI=1S/C11H18O3/c12-10-9(5-4-8-14-10)11(13)6-2-1-3-7-11/h9,13H,1-8H2. The third kappa shape index (κ3) is 1.78. The largest absolute Gasteiger partial charge is 0.465 e. The smallest absolute Gasteiger partial charge is 0.311 e. The molecule has 1 aliphatic heterocycles. The van der Waals surface area contributed by atoms with Gasteiger partial charge in [0.15, 0.2) is 0 Å². The molecule has 2 rings (SSSR count). The number of aliphatic hydroxyl groups is 1. The molecule has 0 radical (unpaired) electrons. The van der Waals surface area contributed by atoms with Crippen LogP contribution in [-0.4, -0.2) is 23.3 Å². The van der Waals surface area contributed by atoms with E-state index >= 15 is 0 Å². The predicted molar refractivity (Wildman–Crippen MR) is 51.7 cm³/mol. The Morgan fingerprint density at radius 3 is 2.57 bits per heavy atom. The highest BCUT2D eigenvalue weighted by atomic mass is 16.5. The van der Waals surface area contributed by atoms with Gasteiger partial charge < -0.3 is 9.84 Å². The third-order valence-corrected chi connectivity index (χ3v) is 3.53. The van der Waals surface area contributed by atoms with Gasteiger partial charge in [0, 0.05) is 0 Å². The molecular weight excluding hydrogens is 180 g/mol. The van der Waals surface area contributed by atoms with Crippen LogP contribution in [0.25, 0.3) is 0 Å². The quantitative estimate of drug-likeness (QED) is 0.651. The van der Waals surface area contributed by atoms with Gasteiger partial charge in [0.05, 0.1) is 18.1 Å². The minimum atomic E-state index is -0.754. The Morgan fingerprint density at radius 1 is 1.21 bits per heavy atom. The van der Waals surface area contributed by atoms with Crippen molar-refractivity contribution >= 4 is 5.97 Å². The molecule has 1 saturated heterocycles. The first-order chi connectivity index (χ1) is 6.72. The van der Waals surface area contributed by atoms with E-state index in [2.05, 4.69) is 0 Å². The summed E-state index contributed by atoms with van der Waals surface area (Å²) in [7, 11) is 0. The maximum atomic E-state index is 11.5. The molecule has 1 aliphatic carbocycles. The van der Waals surface area contributed by atoms with Gasteiger partial charge in [-0.3, -0.25) is 4.79 Å². The van der Waals surface area contributed by atoms with Crippen molar-refractivity contribution in [3.05, 3.63) is 0 Å². The zero-order valence-electron chi connectivity index (χ0n) is 8.50. The number of rotatable bonds is 1. The summed E-state index contributed by atoms with van der Waals surface area (Å²) in [5, 5.41) is 10.4. The summed E-state index contributed by atoms with van der Waals surface area (Å²) in [5.41, 5.74) is -0.754. The summed E-state index contributed by atoms with van der Waals surface area (Å²) in [6.07, 6.45) is 6.51. The Morgan fingerprint density at radius 2 is 1.93 bits per heavy atom. The number of carbonyl (C=O) groups is 1. The molecule has 0 aromatic rings. The number of ether oxygens (including phenoxy) is 1. The molecule has 1 atom stereocenters.